The summed E-state index contributed by atoms with van der Waals surface area (Å²) in [7, 11) is -1.64. The normalized spacial score (nSPS) is 17.9. The summed E-state index contributed by atoms with van der Waals surface area (Å²) in [6, 6.07) is 14.9. The van der Waals surface area contributed by atoms with Gasteiger partial charge in [-0.3, -0.25) is 4.79 Å². The second-order valence-electron chi connectivity index (χ2n) is 8.36. The molecule has 0 radical (unpaired) electrons. The van der Waals surface area contributed by atoms with Crippen LogP contribution in [0.1, 0.15) is 35.2 Å². The van der Waals surface area contributed by atoms with Crippen LogP contribution in [-0.2, 0) is 15.8 Å². The highest BCUT2D eigenvalue weighted by Gasteiger charge is 2.26. The maximum absolute atomic E-state index is 13.0. The van der Waals surface area contributed by atoms with Crippen molar-refractivity contribution < 1.29 is 17.9 Å². The number of para-hydroxylation sites is 2. The smallest absolute Gasteiger partial charge is 0.253 e. The first-order valence-electron chi connectivity index (χ1n) is 11.2. The van der Waals surface area contributed by atoms with Gasteiger partial charge in [-0.25, -0.2) is 12.7 Å². The van der Waals surface area contributed by atoms with Crippen LogP contribution in [0, 0.1) is 0 Å². The third-order valence-electron chi connectivity index (χ3n) is 6.25. The molecular formula is C24H31N3O4S. The van der Waals surface area contributed by atoms with Crippen molar-refractivity contribution in [1.29, 1.82) is 0 Å². The van der Waals surface area contributed by atoms with Gasteiger partial charge in [0.25, 0.3) is 5.91 Å². The Balaban J connectivity index is 1.35. The van der Waals surface area contributed by atoms with Crippen molar-refractivity contribution in [3.63, 3.8) is 0 Å². The molecule has 2 aliphatic heterocycles. The summed E-state index contributed by atoms with van der Waals surface area (Å²) in [5.74, 6) is 0.802. The van der Waals surface area contributed by atoms with E-state index in [0.29, 0.717) is 37.3 Å². The number of benzene rings is 2. The summed E-state index contributed by atoms with van der Waals surface area (Å²) in [6.07, 6.45) is 2.95. The largest absolute Gasteiger partial charge is 0.495 e. The third-order valence-corrected chi connectivity index (χ3v) is 8.10. The lowest BCUT2D eigenvalue weighted by Crippen LogP contribution is -2.48. The van der Waals surface area contributed by atoms with E-state index in [1.807, 2.05) is 29.2 Å². The van der Waals surface area contributed by atoms with E-state index in [4.69, 9.17) is 4.74 Å². The Bertz CT molecular complexity index is 1030. The molecule has 0 N–H and O–H groups in total. The average molecular weight is 458 g/mol. The Morgan fingerprint density at radius 3 is 2.19 bits per heavy atom. The molecule has 2 heterocycles. The quantitative estimate of drug-likeness (QED) is 0.667. The Hall–Kier alpha value is -2.58. The Morgan fingerprint density at radius 2 is 1.53 bits per heavy atom. The fraction of sp³-hybridized carbons (Fsp3) is 0.458. The maximum atomic E-state index is 13.0. The van der Waals surface area contributed by atoms with Gasteiger partial charge >= 0.3 is 0 Å². The van der Waals surface area contributed by atoms with E-state index in [0.717, 1.165) is 43.8 Å². The van der Waals surface area contributed by atoms with E-state index in [1.165, 1.54) is 0 Å². The molecule has 4 rings (SSSR count). The fourth-order valence-electron chi connectivity index (χ4n) is 4.41. The van der Waals surface area contributed by atoms with Crippen molar-refractivity contribution in [2.24, 2.45) is 0 Å². The summed E-state index contributed by atoms with van der Waals surface area (Å²) in [5, 5.41) is 0. The lowest BCUT2D eigenvalue weighted by atomic mass is 10.1. The maximum Gasteiger partial charge on any atom is 0.253 e. The molecule has 2 aromatic rings. The average Bonchev–Trinajstić information content (AvgIpc) is 2.84. The van der Waals surface area contributed by atoms with Gasteiger partial charge in [0.1, 0.15) is 5.75 Å². The second-order valence-corrected chi connectivity index (χ2v) is 10.3. The van der Waals surface area contributed by atoms with Gasteiger partial charge in [0.15, 0.2) is 0 Å². The predicted octanol–water partition coefficient (Wildman–Crippen LogP) is 2.97. The molecule has 2 fully saturated rings. The van der Waals surface area contributed by atoms with Gasteiger partial charge in [-0.1, -0.05) is 30.7 Å². The number of carbonyl (C=O) groups excluding carboxylic acids is 1. The molecule has 0 spiro atoms. The molecular weight excluding hydrogens is 426 g/mol. The van der Waals surface area contributed by atoms with Crippen LogP contribution in [0.15, 0.2) is 48.5 Å². The molecule has 1 amide bonds. The van der Waals surface area contributed by atoms with Gasteiger partial charge in [0.2, 0.25) is 10.0 Å². The number of sulfonamides is 1. The Morgan fingerprint density at radius 1 is 0.875 bits per heavy atom. The lowest BCUT2D eigenvalue weighted by molar-refractivity contribution is 0.0746. The third kappa shape index (κ3) is 5.07. The van der Waals surface area contributed by atoms with Crippen molar-refractivity contribution in [2.75, 3.05) is 51.3 Å². The number of anilines is 1. The molecule has 0 bridgehead atoms. The summed E-state index contributed by atoms with van der Waals surface area (Å²) in [4.78, 5) is 17.1. The van der Waals surface area contributed by atoms with Crippen molar-refractivity contribution in [3.05, 3.63) is 59.7 Å². The van der Waals surface area contributed by atoms with Crippen LogP contribution < -0.4 is 9.64 Å². The topological polar surface area (TPSA) is 70.2 Å². The predicted molar refractivity (Wildman–Crippen MR) is 126 cm³/mol. The van der Waals surface area contributed by atoms with Crippen LogP contribution in [0.3, 0.4) is 0 Å². The Kier molecular flexibility index (Phi) is 7.01. The standard InChI is InChI=1S/C24H31N3O4S/c1-31-23-8-4-3-7-22(23)25-15-17-26(18-16-25)24(28)21-11-9-20(10-12-21)19-32(29,30)27-13-5-2-6-14-27/h3-4,7-12H,2,5-6,13-19H2,1H3. The van der Waals surface area contributed by atoms with E-state index < -0.39 is 10.0 Å². The van der Waals surface area contributed by atoms with Crippen LogP contribution in [0.5, 0.6) is 5.75 Å². The van der Waals surface area contributed by atoms with E-state index in [1.54, 1.807) is 35.7 Å². The van der Waals surface area contributed by atoms with Crippen LogP contribution in [0.4, 0.5) is 5.69 Å². The highest BCUT2D eigenvalue weighted by molar-refractivity contribution is 7.88. The molecule has 2 aliphatic rings. The van der Waals surface area contributed by atoms with Crippen molar-refractivity contribution in [2.45, 2.75) is 25.0 Å². The number of piperidine rings is 1. The first kappa shape index (κ1) is 22.6. The molecule has 0 unspecified atom stereocenters. The number of methoxy groups -OCH3 is 1. The van der Waals surface area contributed by atoms with Crippen molar-refractivity contribution >= 4 is 21.6 Å². The van der Waals surface area contributed by atoms with E-state index in [9.17, 15) is 13.2 Å². The molecule has 7 nitrogen and oxygen atoms in total. The summed E-state index contributed by atoms with van der Waals surface area (Å²) in [6.45, 7) is 3.94. The van der Waals surface area contributed by atoms with E-state index in [-0.39, 0.29) is 11.7 Å². The minimum atomic E-state index is -3.31. The molecule has 2 saturated heterocycles. The first-order valence-corrected chi connectivity index (χ1v) is 12.8. The monoisotopic (exact) mass is 457 g/mol. The Labute approximate surface area is 190 Å². The minimum absolute atomic E-state index is 0.0148. The SMILES string of the molecule is COc1ccccc1N1CCN(C(=O)c2ccc(CS(=O)(=O)N3CCCCC3)cc2)CC1. The van der Waals surface area contributed by atoms with Crippen LogP contribution >= 0.6 is 0 Å². The number of carbonyl (C=O) groups is 1. The van der Waals surface area contributed by atoms with Crippen LogP contribution in [0.2, 0.25) is 0 Å². The number of piperazine rings is 1. The number of rotatable bonds is 6. The number of hydrogen-bond acceptors (Lipinski definition) is 5. The van der Waals surface area contributed by atoms with Gasteiger partial charge in [0, 0.05) is 44.8 Å². The van der Waals surface area contributed by atoms with Crippen LogP contribution in [-0.4, -0.2) is 69.9 Å². The molecule has 8 heteroatoms. The lowest BCUT2D eigenvalue weighted by Gasteiger charge is -2.36. The summed E-state index contributed by atoms with van der Waals surface area (Å²) in [5.41, 5.74) is 2.35. The molecule has 0 atom stereocenters. The first-order chi connectivity index (χ1) is 15.5. The van der Waals surface area contributed by atoms with Crippen molar-refractivity contribution in [3.8, 4) is 5.75 Å². The van der Waals surface area contributed by atoms with Gasteiger partial charge in [-0.05, 0) is 42.7 Å². The van der Waals surface area contributed by atoms with Gasteiger partial charge in [0.05, 0.1) is 18.6 Å². The molecule has 0 aliphatic carbocycles. The number of nitrogens with zero attached hydrogens (tertiary/aromatic N) is 3. The van der Waals surface area contributed by atoms with Gasteiger partial charge < -0.3 is 14.5 Å². The van der Waals surface area contributed by atoms with Crippen molar-refractivity contribution in [1.82, 2.24) is 9.21 Å². The molecule has 0 saturated carbocycles. The number of ether oxygens (including phenoxy) is 1. The fourth-order valence-corrected chi connectivity index (χ4v) is 6.02. The van der Waals surface area contributed by atoms with E-state index in [2.05, 4.69) is 4.90 Å². The van der Waals surface area contributed by atoms with E-state index >= 15 is 0 Å². The zero-order valence-corrected chi connectivity index (χ0v) is 19.4. The summed E-state index contributed by atoms with van der Waals surface area (Å²) < 4.78 is 32.4. The zero-order chi connectivity index (χ0) is 22.6. The molecule has 32 heavy (non-hydrogen) atoms. The number of hydrogen-bond donors (Lipinski definition) is 0. The number of amides is 1. The molecule has 2 aromatic carbocycles. The summed E-state index contributed by atoms with van der Waals surface area (Å²) >= 11 is 0. The van der Waals surface area contributed by atoms with Gasteiger partial charge in [-0.2, -0.15) is 0 Å². The molecule has 172 valence electrons. The van der Waals surface area contributed by atoms with Crippen LogP contribution in [0.25, 0.3) is 0 Å². The highest BCUT2D eigenvalue weighted by atomic mass is 32.2. The molecule has 0 aromatic heterocycles. The van der Waals surface area contributed by atoms with Gasteiger partial charge in [-0.15, -0.1) is 0 Å². The minimum Gasteiger partial charge on any atom is -0.495 e. The zero-order valence-electron chi connectivity index (χ0n) is 18.6. The second kappa shape index (κ2) is 9.92. The highest BCUT2D eigenvalue weighted by Crippen LogP contribution is 2.28.